The molecule has 0 aliphatic carbocycles. The maximum Gasteiger partial charge on any atom is 0.319 e. The molecule has 0 aromatic heterocycles. The molecule has 0 saturated carbocycles. The Labute approximate surface area is 162 Å². The van der Waals surface area contributed by atoms with Crippen LogP contribution in [0.15, 0.2) is 53.0 Å². The minimum Gasteiger partial charge on any atom is -0.348 e. The van der Waals surface area contributed by atoms with Crippen LogP contribution in [0, 0.1) is 6.92 Å². The molecule has 2 N–H and O–H groups in total. The van der Waals surface area contributed by atoms with E-state index in [1.807, 2.05) is 69.3 Å². The molecule has 138 valence electrons. The van der Waals surface area contributed by atoms with Crippen molar-refractivity contribution in [3.05, 3.63) is 64.1 Å². The molecule has 5 nitrogen and oxygen atoms in total. The second-order valence-corrected chi connectivity index (χ2v) is 7.74. The van der Waals surface area contributed by atoms with Gasteiger partial charge in [0.25, 0.3) is 0 Å². The highest BCUT2D eigenvalue weighted by atomic mass is 79.9. The topological polar surface area (TPSA) is 59.6 Å². The van der Waals surface area contributed by atoms with Crippen molar-refractivity contribution in [2.24, 2.45) is 0 Å². The van der Waals surface area contributed by atoms with E-state index in [1.165, 1.54) is 0 Å². The summed E-state index contributed by atoms with van der Waals surface area (Å²) in [6, 6.07) is 15.0. The molecule has 0 spiro atoms. The van der Waals surface area contributed by atoms with Crippen LogP contribution in [0.25, 0.3) is 0 Å². The van der Waals surface area contributed by atoms with Crippen molar-refractivity contribution in [2.75, 3.05) is 11.9 Å². The number of urea groups is 1. The van der Waals surface area contributed by atoms with E-state index in [4.69, 9.17) is 9.47 Å². The fraction of sp³-hybridized carbons (Fsp3) is 0.350. The van der Waals surface area contributed by atoms with Gasteiger partial charge in [0.2, 0.25) is 0 Å². The van der Waals surface area contributed by atoms with Crippen LogP contribution in [0.1, 0.15) is 31.1 Å². The van der Waals surface area contributed by atoms with Crippen molar-refractivity contribution in [2.45, 2.75) is 38.7 Å². The van der Waals surface area contributed by atoms with Crippen LogP contribution in [0.5, 0.6) is 0 Å². The second-order valence-electron chi connectivity index (χ2n) is 6.82. The van der Waals surface area contributed by atoms with Crippen LogP contribution in [0.4, 0.5) is 10.5 Å². The third kappa shape index (κ3) is 4.63. The highest BCUT2D eigenvalue weighted by molar-refractivity contribution is 9.10. The number of carbonyl (C=O) groups is 1. The molecule has 1 aliphatic heterocycles. The standard InChI is InChI=1S/C20H23BrN2O3/c1-13-11-15(21)9-10-16(13)22-19(24)23-17-12-25-20(2,3)26-18(17)14-7-5-4-6-8-14/h4-11,17-18H,12H2,1-3H3,(H2,22,23,24)/t17-,18-/m0/s1. The average Bonchev–Trinajstić information content (AvgIpc) is 2.59. The van der Waals surface area contributed by atoms with E-state index in [2.05, 4.69) is 26.6 Å². The zero-order valence-corrected chi connectivity index (χ0v) is 16.7. The fourth-order valence-electron chi connectivity index (χ4n) is 2.95. The lowest BCUT2D eigenvalue weighted by Crippen LogP contribution is -2.52. The summed E-state index contributed by atoms with van der Waals surface area (Å²) >= 11 is 3.43. The smallest absolute Gasteiger partial charge is 0.319 e. The average molecular weight is 419 g/mol. The number of ether oxygens (including phenoxy) is 2. The minimum atomic E-state index is -0.697. The molecule has 26 heavy (non-hydrogen) atoms. The molecule has 6 heteroatoms. The van der Waals surface area contributed by atoms with E-state index < -0.39 is 5.79 Å². The molecule has 1 saturated heterocycles. The Balaban J connectivity index is 1.73. The molecule has 2 amide bonds. The Hall–Kier alpha value is -1.89. The van der Waals surface area contributed by atoms with Crippen LogP contribution < -0.4 is 10.6 Å². The van der Waals surface area contributed by atoms with Crippen molar-refractivity contribution >= 4 is 27.6 Å². The third-order valence-corrected chi connectivity index (χ3v) is 4.76. The number of carbonyl (C=O) groups excluding carboxylic acids is 1. The summed E-state index contributed by atoms with van der Waals surface area (Å²) in [6.07, 6.45) is -0.281. The number of benzene rings is 2. The van der Waals surface area contributed by atoms with Gasteiger partial charge in [0, 0.05) is 10.2 Å². The predicted molar refractivity (Wildman–Crippen MR) is 105 cm³/mol. The van der Waals surface area contributed by atoms with Crippen LogP contribution >= 0.6 is 15.9 Å². The van der Waals surface area contributed by atoms with Gasteiger partial charge in [0.05, 0.1) is 12.6 Å². The monoisotopic (exact) mass is 418 g/mol. The van der Waals surface area contributed by atoms with E-state index in [0.29, 0.717) is 6.61 Å². The Morgan fingerprint density at radius 2 is 1.92 bits per heavy atom. The molecule has 2 aromatic carbocycles. The zero-order valence-electron chi connectivity index (χ0n) is 15.1. The van der Waals surface area contributed by atoms with Crippen molar-refractivity contribution in [3.8, 4) is 0 Å². The Kier molecular flexibility index (Phi) is 5.65. The normalized spacial score (nSPS) is 21.8. The second kappa shape index (κ2) is 7.78. The van der Waals surface area contributed by atoms with Gasteiger partial charge in [0.15, 0.2) is 5.79 Å². The van der Waals surface area contributed by atoms with Gasteiger partial charge < -0.3 is 20.1 Å². The van der Waals surface area contributed by atoms with Crippen LogP contribution in [0.3, 0.4) is 0 Å². The van der Waals surface area contributed by atoms with Crippen LogP contribution in [-0.4, -0.2) is 24.5 Å². The molecule has 0 bridgehead atoms. The quantitative estimate of drug-likeness (QED) is 0.754. The molecule has 0 unspecified atom stereocenters. The Bertz CT molecular complexity index is 780. The molecule has 3 rings (SSSR count). The van der Waals surface area contributed by atoms with E-state index >= 15 is 0 Å². The Morgan fingerprint density at radius 1 is 1.19 bits per heavy atom. The number of hydrogen-bond acceptors (Lipinski definition) is 3. The number of amides is 2. The minimum absolute atomic E-state index is 0.281. The molecule has 1 aliphatic rings. The van der Waals surface area contributed by atoms with Gasteiger partial charge in [-0.25, -0.2) is 4.79 Å². The fourth-order valence-corrected chi connectivity index (χ4v) is 3.43. The summed E-state index contributed by atoms with van der Waals surface area (Å²) in [5.41, 5.74) is 2.75. The number of nitrogens with one attached hydrogen (secondary N) is 2. The SMILES string of the molecule is Cc1cc(Br)ccc1NC(=O)N[C@H]1COC(C)(C)O[C@H]1c1ccccc1. The first kappa shape index (κ1) is 18.9. The molecule has 2 aromatic rings. The first-order chi connectivity index (χ1) is 12.3. The van der Waals surface area contributed by atoms with Crippen LogP contribution in [0.2, 0.25) is 0 Å². The highest BCUT2D eigenvalue weighted by Crippen LogP contribution is 2.33. The summed E-state index contributed by atoms with van der Waals surface area (Å²) in [5.74, 6) is -0.697. The van der Waals surface area contributed by atoms with Crippen molar-refractivity contribution < 1.29 is 14.3 Å². The summed E-state index contributed by atoms with van der Waals surface area (Å²) in [5, 5.41) is 5.88. The van der Waals surface area contributed by atoms with Gasteiger partial charge in [-0.1, -0.05) is 46.3 Å². The van der Waals surface area contributed by atoms with E-state index in [-0.39, 0.29) is 18.2 Å². The van der Waals surface area contributed by atoms with Gasteiger partial charge in [-0.3, -0.25) is 0 Å². The summed E-state index contributed by atoms with van der Waals surface area (Å²) in [7, 11) is 0. The maximum absolute atomic E-state index is 12.5. The van der Waals surface area contributed by atoms with Gasteiger partial charge in [0.1, 0.15) is 6.10 Å². The third-order valence-electron chi connectivity index (χ3n) is 4.27. The lowest BCUT2D eigenvalue weighted by Gasteiger charge is -2.41. The van der Waals surface area contributed by atoms with E-state index in [9.17, 15) is 4.79 Å². The number of hydrogen-bond donors (Lipinski definition) is 2. The largest absolute Gasteiger partial charge is 0.348 e. The van der Waals surface area contributed by atoms with Crippen molar-refractivity contribution in [1.82, 2.24) is 5.32 Å². The summed E-state index contributed by atoms with van der Waals surface area (Å²) in [4.78, 5) is 12.5. The first-order valence-corrected chi connectivity index (χ1v) is 9.34. The van der Waals surface area contributed by atoms with E-state index in [0.717, 1.165) is 21.3 Å². The van der Waals surface area contributed by atoms with Gasteiger partial charge in [-0.15, -0.1) is 0 Å². The zero-order chi connectivity index (χ0) is 18.7. The highest BCUT2D eigenvalue weighted by Gasteiger charge is 2.38. The molecule has 2 atom stereocenters. The summed E-state index contributed by atoms with van der Waals surface area (Å²) in [6.45, 7) is 6.08. The van der Waals surface area contributed by atoms with Crippen molar-refractivity contribution in [1.29, 1.82) is 0 Å². The lowest BCUT2D eigenvalue weighted by atomic mass is 10.0. The predicted octanol–water partition coefficient (Wildman–Crippen LogP) is 4.77. The molecular formula is C20H23BrN2O3. The maximum atomic E-state index is 12.5. The van der Waals surface area contributed by atoms with Crippen molar-refractivity contribution in [3.63, 3.8) is 0 Å². The first-order valence-electron chi connectivity index (χ1n) is 8.54. The van der Waals surface area contributed by atoms with Gasteiger partial charge in [-0.05, 0) is 50.1 Å². The van der Waals surface area contributed by atoms with E-state index in [1.54, 1.807) is 0 Å². The molecule has 0 radical (unpaired) electrons. The lowest BCUT2D eigenvalue weighted by molar-refractivity contribution is -0.284. The number of aryl methyl sites for hydroxylation is 1. The Morgan fingerprint density at radius 3 is 2.62 bits per heavy atom. The number of rotatable bonds is 3. The number of anilines is 1. The molecule has 1 fully saturated rings. The van der Waals surface area contributed by atoms with Gasteiger partial charge >= 0.3 is 6.03 Å². The van der Waals surface area contributed by atoms with Gasteiger partial charge in [-0.2, -0.15) is 0 Å². The molecular weight excluding hydrogens is 396 g/mol. The number of halogens is 1. The molecule has 1 heterocycles. The summed E-state index contributed by atoms with van der Waals surface area (Å²) < 4.78 is 12.8. The van der Waals surface area contributed by atoms with Crippen LogP contribution in [-0.2, 0) is 9.47 Å².